The summed E-state index contributed by atoms with van der Waals surface area (Å²) in [5, 5.41) is 20.0. The minimum absolute atomic E-state index is 0.0733. The van der Waals surface area contributed by atoms with Crippen LogP contribution in [0, 0.1) is 0 Å². The first-order valence-corrected chi connectivity index (χ1v) is 9.67. The predicted octanol–water partition coefficient (Wildman–Crippen LogP) is 1.38. The van der Waals surface area contributed by atoms with Gasteiger partial charge in [-0.1, -0.05) is 35.5 Å². The van der Waals surface area contributed by atoms with Crippen molar-refractivity contribution in [3.05, 3.63) is 59.7 Å². The van der Waals surface area contributed by atoms with E-state index in [9.17, 15) is 0 Å². The Morgan fingerprint density at radius 2 is 1.86 bits per heavy atom. The van der Waals surface area contributed by atoms with Gasteiger partial charge in [-0.3, -0.25) is 4.90 Å². The van der Waals surface area contributed by atoms with Crippen LogP contribution in [0.1, 0.15) is 30.2 Å². The zero-order valence-corrected chi connectivity index (χ0v) is 16.1. The summed E-state index contributed by atoms with van der Waals surface area (Å²) >= 11 is 0. The highest BCUT2D eigenvalue weighted by Crippen LogP contribution is 2.22. The third-order valence-electron chi connectivity index (χ3n) is 5.29. The van der Waals surface area contributed by atoms with E-state index in [1.165, 1.54) is 10.2 Å². The quantitative estimate of drug-likeness (QED) is 0.499. The normalized spacial score (nSPS) is 16.4. The molecule has 1 atom stereocenters. The first-order valence-electron chi connectivity index (χ1n) is 9.67. The first kappa shape index (κ1) is 17.7. The molecule has 1 aliphatic heterocycles. The molecule has 10 heteroatoms. The summed E-state index contributed by atoms with van der Waals surface area (Å²) in [4.78, 5) is 9.20. The van der Waals surface area contributed by atoms with E-state index < -0.39 is 0 Å². The molecule has 1 saturated heterocycles. The summed E-state index contributed by atoms with van der Waals surface area (Å²) < 4.78 is 7.00. The van der Waals surface area contributed by atoms with Crippen molar-refractivity contribution in [2.45, 2.75) is 19.4 Å². The van der Waals surface area contributed by atoms with E-state index in [1.807, 2.05) is 30.3 Å². The molecule has 0 aliphatic carbocycles. The molecule has 0 amide bonds. The van der Waals surface area contributed by atoms with Crippen LogP contribution in [0.5, 0.6) is 0 Å². The SMILES string of the molecule is C[C@H](c1nc(Cc2ccccc2)no1)N1CCN(c2ccc3nnnn3n2)CC1. The van der Waals surface area contributed by atoms with Gasteiger partial charge >= 0.3 is 0 Å². The molecule has 1 fully saturated rings. The number of rotatable bonds is 5. The lowest BCUT2D eigenvalue weighted by Gasteiger charge is -2.37. The number of piperazine rings is 1. The average molecular weight is 391 g/mol. The molecule has 0 spiro atoms. The predicted molar refractivity (Wildman–Crippen MR) is 104 cm³/mol. The number of hydrogen-bond acceptors (Lipinski definition) is 9. The number of hydrogen-bond donors (Lipinski definition) is 0. The van der Waals surface area contributed by atoms with Crippen molar-refractivity contribution >= 4 is 11.5 Å². The van der Waals surface area contributed by atoms with E-state index in [1.54, 1.807) is 0 Å². The van der Waals surface area contributed by atoms with Crippen LogP contribution in [0.3, 0.4) is 0 Å². The minimum Gasteiger partial charge on any atom is -0.353 e. The molecular weight excluding hydrogens is 370 g/mol. The lowest BCUT2D eigenvalue weighted by molar-refractivity contribution is 0.164. The first-order chi connectivity index (χ1) is 14.3. The van der Waals surface area contributed by atoms with Crippen LogP contribution in [0.15, 0.2) is 47.0 Å². The molecule has 5 rings (SSSR count). The number of fused-ring (bicyclic) bond motifs is 1. The van der Waals surface area contributed by atoms with Crippen LogP contribution in [-0.4, -0.2) is 66.5 Å². The number of tetrazole rings is 1. The van der Waals surface area contributed by atoms with E-state index >= 15 is 0 Å². The third-order valence-corrected chi connectivity index (χ3v) is 5.29. The van der Waals surface area contributed by atoms with Gasteiger partial charge in [-0.15, -0.1) is 14.8 Å². The summed E-state index contributed by atoms with van der Waals surface area (Å²) in [5.74, 6) is 2.26. The fourth-order valence-corrected chi connectivity index (χ4v) is 3.59. The van der Waals surface area contributed by atoms with Gasteiger partial charge in [0.15, 0.2) is 17.3 Å². The summed E-state index contributed by atoms with van der Waals surface area (Å²) in [7, 11) is 0. The van der Waals surface area contributed by atoms with Crippen molar-refractivity contribution in [1.82, 2.24) is 40.3 Å². The topological polar surface area (TPSA) is 101 Å². The fourth-order valence-electron chi connectivity index (χ4n) is 3.59. The molecular formula is C19H21N9O. The van der Waals surface area contributed by atoms with Crippen molar-refractivity contribution in [1.29, 1.82) is 0 Å². The number of benzene rings is 1. The van der Waals surface area contributed by atoms with Crippen molar-refractivity contribution in [3.8, 4) is 0 Å². The maximum absolute atomic E-state index is 5.55. The average Bonchev–Trinajstić information content (AvgIpc) is 3.43. The maximum atomic E-state index is 5.55. The van der Waals surface area contributed by atoms with Crippen LogP contribution in [0.25, 0.3) is 5.65 Å². The van der Waals surface area contributed by atoms with Crippen LogP contribution >= 0.6 is 0 Å². The Labute approximate surface area is 167 Å². The lowest BCUT2D eigenvalue weighted by atomic mass is 10.1. The highest BCUT2D eigenvalue weighted by molar-refractivity contribution is 5.44. The standard InChI is InChI=1S/C19H21N9O/c1-14(19-20-16(23-29-19)13-15-5-3-2-4-6-15)26-9-11-27(12-10-26)18-8-7-17-21-24-25-28(17)22-18/h2-8,14H,9-13H2,1H3/t14-/m1/s1. The molecule has 29 heavy (non-hydrogen) atoms. The van der Waals surface area contributed by atoms with E-state index in [0.717, 1.165) is 37.8 Å². The van der Waals surface area contributed by atoms with E-state index in [0.29, 0.717) is 18.0 Å². The number of nitrogens with zero attached hydrogens (tertiary/aromatic N) is 9. The molecule has 0 radical (unpaired) electrons. The molecule has 0 N–H and O–H groups in total. The molecule has 4 heterocycles. The minimum atomic E-state index is 0.0733. The van der Waals surface area contributed by atoms with Crippen molar-refractivity contribution in [2.24, 2.45) is 0 Å². The number of anilines is 1. The Hall–Kier alpha value is -3.40. The second-order valence-electron chi connectivity index (χ2n) is 7.13. The molecule has 1 aromatic carbocycles. The van der Waals surface area contributed by atoms with Gasteiger partial charge in [0.2, 0.25) is 5.89 Å². The Morgan fingerprint density at radius 3 is 2.69 bits per heavy atom. The molecule has 148 valence electrons. The second-order valence-corrected chi connectivity index (χ2v) is 7.13. The molecule has 0 bridgehead atoms. The van der Waals surface area contributed by atoms with E-state index in [2.05, 4.69) is 59.6 Å². The summed E-state index contributed by atoms with van der Waals surface area (Å²) in [6.07, 6.45) is 0.677. The van der Waals surface area contributed by atoms with Gasteiger partial charge in [0.25, 0.3) is 0 Å². The molecule has 4 aromatic rings. The smallest absolute Gasteiger partial charge is 0.243 e. The Morgan fingerprint density at radius 1 is 1.03 bits per heavy atom. The summed E-state index contributed by atoms with van der Waals surface area (Å²) in [6.45, 7) is 5.59. The van der Waals surface area contributed by atoms with Crippen LogP contribution in [0.2, 0.25) is 0 Å². The van der Waals surface area contributed by atoms with Gasteiger partial charge in [-0.25, -0.2) is 0 Å². The van der Waals surface area contributed by atoms with Gasteiger partial charge in [0.05, 0.1) is 6.04 Å². The van der Waals surface area contributed by atoms with Gasteiger partial charge in [0, 0.05) is 32.6 Å². The third kappa shape index (κ3) is 3.66. The van der Waals surface area contributed by atoms with Gasteiger partial charge in [0.1, 0.15) is 0 Å². The van der Waals surface area contributed by atoms with Crippen molar-refractivity contribution in [3.63, 3.8) is 0 Å². The zero-order valence-electron chi connectivity index (χ0n) is 16.1. The molecule has 0 unspecified atom stereocenters. The molecule has 3 aromatic heterocycles. The van der Waals surface area contributed by atoms with E-state index in [4.69, 9.17) is 4.52 Å². The van der Waals surface area contributed by atoms with Crippen LogP contribution in [-0.2, 0) is 6.42 Å². The zero-order chi connectivity index (χ0) is 19.6. The van der Waals surface area contributed by atoms with Gasteiger partial charge in [-0.2, -0.15) is 4.98 Å². The van der Waals surface area contributed by atoms with E-state index in [-0.39, 0.29) is 6.04 Å². The lowest BCUT2D eigenvalue weighted by Crippen LogP contribution is -2.47. The maximum Gasteiger partial charge on any atom is 0.243 e. The van der Waals surface area contributed by atoms with Crippen LogP contribution < -0.4 is 4.90 Å². The summed E-state index contributed by atoms with van der Waals surface area (Å²) in [5.41, 5.74) is 1.82. The summed E-state index contributed by atoms with van der Waals surface area (Å²) in [6, 6.07) is 14.1. The molecule has 0 saturated carbocycles. The van der Waals surface area contributed by atoms with Gasteiger partial charge < -0.3 is 9.42 Å². The highest BCUT2D eigenvalue weighted by Gasteiger charge is 2.26. The fraction of sp³-hybridized carbons (Fsp3) is 0.368. The van der Waals surface area contributed by atoms with Crippen molar-refractivity contribution < 1.29 is 4.52 Å². The van der Waals surface area contributed by atoms with Gasteiger partial charge in [-0.05, 0) is 35.0 Å². The largest absolute Gasteiger partial charge is 0.353 e. The monoisotopic (exact) mass is 391 g/mol. The highest BCUT2D eigenvalue weighted by atomic mass is 16.5. The molecule has 1 aliphatic rings. The molecule has 10 nitrogen and oxygen atoms in total. The van der Waals surface area contributed by atoms with Crippen LogP contribution in [0.4, 0.5) is 5.82 Å². The Balaban J connectivity index is 1.21. The van der Waals surface area contributed by atoms with Crippen molar-refractivity contribution in [2.75, 3.05) is 31.1 Å². The second kappa shape index (κ2) is 7.55. The number of aromatic nitrogens is 7. The Kier molecular flexibility index (Phi) is 4.60. The Bertz CT molecular complexity index is 1090.